The average Bonchev–Trinajstić information content (AvgIpc) is 3.65. The lowest BCUT2D eigenvalue weighted by molar-refractivity contribution is -0.128. The minimum atomic E-state index is -0.898. The van der Waals surface area contributed by atoms with Gasteiger partial charge in [0.15, 0.2) is 17.6 Å². The third-order valence-electron chi connectivity index (χ3n) is 11.0. The molecule has 5 aromatic rings. The van der Waals surface area contributed by atoms with E-state index in [4.69, 9.17) is 18.9 Å². The molecule has 0 saturated heterocycles. The molecule has 0 amide bonds. The molecular weight excluding hydrogens is 674 g/mol. The summed E-state index contributed by atoms with van der Waals surface area (Å²) in [6.45, 7) is 0.457. The standard InChI is InChI=1S/C42H47N3O8/c1-43-22-42(51-23-44-2)20-34-33-17-27(16-24-3-9-35-25(15-24)11-12-45-35)32-19-28(48)5-7-30(32)38(33)40-31(8-6-29(21-47)52-40)39(34)53-41(42)26-4-10-36(49)37(18-26)50-14-13-46/h3-5,7,9-12,15,18-19,27,29,41,43-49H,6,8,13-14,16-17,20-23H2,1-2H3. The van der Waals surface area contributed by atoms with Crippen molar-refractivity contribution in [3.63, 3.8) is 0 Å². The highest BCUT2D eigenvalue weighted by molar-refractivity contribution is 5.85. The number of rotatable bonds is 12. The van der Waals surface area contributed by atoms with Crippen LogP contribution < -0.4 is 24.8 Å². The number of benzene rings is 4. The third kappa shape index (κ3) is 6.36. The second-order valence-electron chi connectivity index (χ2n) is 14.4. The molecule has 11 nitrogen and oxygen atoms in total. The van der Waals surface area contributed by atoms with Gasteiger partial charge in [-0.2, -0.15) is 0 Å². The van der Waals surface area contributed by atoms with E-state index in [-0.39, 0.29) is 55.8 Å². The number of aliphatic hydroxyl groups excluding tert-OH is 2. The number of aromatic hydroxyl groups is 2. The van der Waals surface area contributed by atoms with Gasteiger partial charge in [0.2, 0.25) is 0 Å². The van der Waals surface area contributed by atoms with Crippen LogP contribution in [0.5, 0.6) is 28.7 Å². The van der Waals surface area contributed by atoms with Gasteiger partial charge in [-0.25, -0.2) is 0 Å². The number of H-pyrrole nitrogens is 1. The topological polar surface area (TPSA) is 158 Å². The summed E-state index contributed by atoms with van der Waals surface area (Å²) in [5.41, 5.74) is 8.34. The number of fused-ring (bicyclic) bond motifs is 9. The second-order valence-corrected chi connectivity index (χ2v) is 14.4. The first-order valence-corrected chi connectivity index (χ1v) is 18.4. The van der Waals surface area contributed by atoms with Gasteiger partial charge in [0.25, 0.3) is 0 Å². The lowest BCUT2D eigenvalue weighted by atomic mass is 9.70. The molecule has 0 saturated carbocycles. The minimum absolute atomic E-state index is 0.0323. The molecule has 3 heterocycles. The van der Waals surface area contributed by atoms with Gasteiger partial charge in [-0.15, -0.1) is 0 Å². The van der Waals surface area contributed by atoms with Crippen molar-refractivity contribution >= 4 is 10.9 Å². The molecule has 1 aromatic heterocycles. The number of likely N-dealkylation sites (N-methyl/N-ethyl adjacent to an activating group) is 1. The van der Waals surface area contributed by atoms with E-state index in [1.165, 1.54) is 5.56 Å². The van der Waals surface area contributed by atoms with Crippen LogP contribution in [0.15, 0.2) is 66.9 Å². The number of ether oxygens (including phenoxy) is 4. The zero-order valence-electron chi connectivity index (χ0n) is 30.1. The molecule has 4 unspecified atom stereocenters. The Kier molecular flexibility index (Phi) is 9.69. The van der Waals surface area contributed by atoms with Crippen molar-refractivity contribution in [3.05, 3.63) is 100 Å². The van der Waals surface area contributed by atoms with Gasteiger partial charge < -0.3 is 49.7 Å². The van der Waals surface area contributed by atoms with Gasteiger partial charge in [-0.3, -0.25) is 5.32 Å². The quantitative estimate of drug-likeness (QED) is 0.0874. The fraction of sp³-hybridized carbons (Fsp3) is 0.381. The Morgan fingerprint density at radius 3 is 2.62 bits per heavy atom. The first-order valence-electron chi connectivity index (χ1n) is 18.4. The van der Waals surface area contributed by atoms with Crippen LogP contribution in [-0.2, 0) is 30.4 Å². The fourth-order valence-corrected chi connectivity index (χ4v) is 8.69. The van der Waals surface area contributed by atoms with Crippen molar-refractivity contribution in [2.45, 2.75) is 55.8 Å². The molecule has 278 valence electrons. The van der Waals surface area contributed by atoms with Crippen molar-refractivity contribution in [2.24, 2.45) is 0 Å². The summed E-state index contributed by atoms with van der Waals surface area (Å²) < 4.78 is 26.5. The van der Waals surface area contributed by atoms with Crippen molar-refractivity contribution in [1.82, 2.24) is 15.6 Å². The number of aliphatic hydroxyl groups is 2. The molecule has 11 heteroatoms. The van der Waals surface area contributed by atoms with E-state index in [1.54, 1.807) is 18.2 Å². The summed E-state index contributed by atoms with van der Waals surface area (Å²) in [7, 11) is 3.74. The molecule has 3 aliphatic rings. The van der Waals surface area contributed by atoms with E-state index >= 15 is 0 Å². The van der Waals surface area contributed by atoms with E-state index in [0.29, 0.717) is 32.2 Å². The number of phenolic OH excluding ortho intramolecular Hbond substituents is 2. The minimum Gasteiger partial charge on any atom is -0.508 e. The predicted octanol–water partition coefficient (Wildman–Crippen LogP) is 5.01. The van der Waals surface area contributed by atoms with Gasteiger partial charge in [-0.1, -0.05) is 18.2 Å². The van der Waals surface area contributed by atoms with Gasteiger partial charge in [-0.05, 0) is 121 Å². The maximum absolute atomic E-state index is 10.8. The van der Waals surface area contributed by atoms with Crippen molar-refractivity contribution in [3.8, 4) is 39.9 Å². The monoisotopic (exact) mass is 721 g/mol. The highest BCUT2D eigenvalue weighted by Gasteiger charge is 2.50. The summed E-state index contributed by atoms with van der Waals surface area (Å²) in [4.78, 5) is 3.29. The number of hydrogen-bond donors (Lipinski definition) is 7. The molecule has 4 atom stereocenters. The van der Waals surface area contributed by atoms with E-state index in [2.05, 4.69) is 39.9 Å². The first kappa shape index (κ1) is 35.3. The van der Waals surface area contributed by atoms with Gasteiger partial charge in [0, 0.05) is 41.4 Å². The summed E-state index contributed by atoms with van der Waals surface area (Å²) in [5, 5.41) is 48.9. The number of aromatic amines is 1. The van der Waals surface area contributed by atoms with E-state index < -0.39 is 11.7 Å². The second kappa shape index (κ2) is 14.6. The SMILES string of the molecule is CNCOC1(CNC)Cc2c3c(c4c(c2OC1c1ccc(O)c(OCCO)c1)CCC(CO)O4)-c1ccc(O)cc1C(Cc1ccc2[nH]ccc2c1)C3. The van der Waals surface area contributed by atoms with Crippen LogP contribution in [0.4, 0.5) is 0 Å². The van der Waals surface area contributed by atoms with E-state index in [9.17, 15) is 20.4 Å². The van der Waals surface area contributed by atoms with Crippen molar-refractivity contribution in [1.29, 1.82) is 0 Å². The Balaban J connectivity index is 1.32. The zero-order valence-corrected chi connectivity index (χ0v) is 30.1. The third-order valence-corrected chi connectivity index (χ3v) is 11.0. The molecule has 7 N–H and O–H groups in total. The van der Waals surface area contributed by atoms with Crippen LogP contribution in [-0.4, -0.2) is 84.3 Å². The largest absolute Gasteiger partial charge is 0.508 e. The number of phenols is 2. The molecular formula is C42H47N3O8. The highest BCUT2D eigenvalue weighted by Crippen LogP contribution is 2.57. The van der Waals surface area contributed by atoms with Gasteiger partial charge in [0.1, 0.15) is 35.6 Å². The molecule has 1 aliphatic carbocycles. The number of aromatic nitrogens is 1. The highest BCUT2D eigenvalue weighted by atomic mass is 16.6. The lowest BCUT2D eigenvalue weighted by Gasteiger charge is -2.47. The van der Waals surface area contributed by atoms with Crippen LogP contribution in [0.2, 0.25) is 0 Å². The normalized spacial score (nSPS) is 21.5. The summed E-state index contributed by atoms with van der Waals surface area (Å²) in [5.74, 6) is 1.96. The fourth-order valence-electron chi connectivity index (χ4n) is 8.69. The van der Waals surface area contributed by atoms with Gasteiger partial charge in [0.05, 0.1) is 19.9 Å². The molecule has 53 heavy (non-hydrogen) atoms. The Morgan fingerprint density at radius 2 is 1.81 bits per heavy atom. The van der Waals surface area contributed by atoms with Crippen LogP contribution in [0.1, 0.15) is 51.8 Å². The summed E-state index contributed by atoms with van der Waals surface area (Å²) in [6.07, 6.45) is 4.19. The van der Waals surface area contributed by atoms with Crippen LogP contribution in [0.3, 0.4) is 0 Å². The zero-order chi connectivity index (χ0) is 36.7. The molecule has 2 aliphatic heterocycles. The lowest BCUT2D eigenvalue weighted by Crippen LogP contribution is -2.54. The molecule has 0 bridgehead atoms. The molecule has 4 aromatic carbocycles. The maximum atomic E-state index is 10.8. The average molecular weight is 722 g/mol. The first-order chi connectivity index (χ1) is 25.9. The van der Waals surface area contributed by atoms with Crippen LogP contribution >= 0.6 is 0 Å². The van der Waals surface area contributed by atoms with Crippen molar-refractivity contribution < 1.29 is 39.4 Å². The molecule has 8 rings (SSSR count). The predicted molar refractivity (Wildman–Crippen MR) is 201 cm³/mol. The molecule has 0 spiro atoms. The molecule has 0 fully saturated rings. The Bertz CT molecular complexity index is 2130. The smallest absolute Gasteiger partial charge is 0.161 e. The van der Waals surface area contributed by atoms with E-state index in [0.717, 1.165) is 67.8 Å². The maximum Gasteiger partial charge on any atom is 0.161 e. The Morgan fingerprint density at radius 1 is 0.925 bits per heavy atom. The molecule has 0 radical (unpaired) electrons. The van der Waals surface area contributed by atoms with Crippen LogP contribution in [0.25, 0.3) is 22.0 Å². The summed E-state index contributed by atoms with van der Waals surface area (Å²) >= 11 is 0. The van der Waals surface area contributed by atoms with E-state index in [1.807, 2.05) is 38.5 Å². The van der Waals surface area contributed by atoms with Gasteiger partial charge >= 0.3 is 0 Å². The Hall–Kier alpha value is -4.78. The summed E-state index contributed by atoms with van der Waals surface area (Å²) in [6, 6.07) is 19.4. The number of hydrogen-bond acceptors (Lipinski definition) is 10. The number of nitrogens with one attached hydrogen (secondary N) is 3. The van der Waals surface area contributed by atoms with Crippen molar-refractivity contribution in [2.75, 3.05) is 47.2 Å². The van der Waals surface area contributed by atoms with Crippen LogP contribution in [0, 0.1) is 0 Å². The Labute approximate surface area is 308 Å².